The van der Waals surface area contributed by atoms with E-state index >= 15 is 26.3 Å². The number of halogens is 15. The first-order chi connectivity index (χ1) is 62.3. The molecule has 42 heteroatoms. The molecule has 0 radical (unpaired) electrons. The topological polar surface area (TPSA) is 331 Å². The van der Waals surface area contributed by atoms with Gasteiger partial charge in [0.2, 0.25) is 17.7 Å². The molecule has 0 unspecified atom stereocenters. The van der Waals surface area contributed by atoms with E-state index in [1.807, 2.05) is 41.5 Å². The Morgan fingerprint density at radius 1 is 0.386 bits per heavy atom. The number of fused-ring (bicyclic) bond motifs is 3. The lowest BCUT2D eigenvalue weighted by Crippen LogP contribution is -2.54. The average molecular weight is 1890 g/mol. The maximum atomic E-state index is 16.0. The van der Waals surface area contributed by atoms with Crippen molar-refractivity contribution in [2.45, 2.75) is 119 Å². The van der Waals surface area contributed by atoms with Crippen LogP contribution in [-0.2, 0) is 14.4 Å². The third-order valence-corrected chi connectivity index (χ3v) is 24.1. The summed E-state index contributed by atoms with van der Waals surface area (Å²) in [5.41, 5.74) is 10.3. The number of carbonyl (C=O) groups excluding carboxylic acids is 3. The number of benzene rings is 3. The third kappa shape index (κ3) is 17.1. The van der Waals surface area contributed by atoms with Crippen LogP contribution in [0.25, 0.3) is 83.9 Å². The summed E-state index contributed by atoms with van der Waals surface area (Å²) in [6, 6.07) is 6.85. The highest BCUT2D eigenvalue weighted by Gasteiger charge is 2.39. The van der Waals surface area contributed by atoms with Gasteiger partial charge in [0.25, 0.3) is 0 Å². The van der Waals surface area contributed by atoms with Crippen LogP contribution in [0.15, 0.2) is 107 Å². The van der Waals surface area contributed by atoms with Crippen LogP contribution < -0.4 is 49.0 Å². The van der Waals surface area contributed by atoms with E-state index in [9.17, 15) is 55.1 Å². The highest BCUT2D eigenvalue weighted by Crippen LogP contribution is 2.46. The standard InChI is InChI=1S/3C30H28ClF4N7O2/c3*1-6-18(43)40-9-10-41(15(5)12-40)28-16-11-17(32)26(19-20(31)24(36)23(35)22(34)21(19)33)38-29(16)42(30(44)39-28)27-14(4)7-8-37-25(27)13(2)3/h3*6-8,11,13,15H,1,9-10,12,36H2,2-5H3/t3*15-/m000/s1. The van der Waals surface area contributed by atoms with E-state index in [0.29, 0.717) is 50.8 Å². The fourth-order valence-corrected chi connectivity index (χ4v) is 17.1. The molecular weight excluding hydrogens is 1810 g/mol. The van der Waals surface area contributed by atoms with Crippen molar-refractivity contribution in [2.75, 3.05) is 90.8 Å². The molecule has 12 aromatic rings. The van der Waals surface area contributed by atoms with E-state index in [0.717, 1.165) is 31.9 Å². The number of amides is 3. The Hall–Kier alpha value is -13.6. The molecule has 3 saturated heterocycles. The van der Waals surface area contributed by atoms with Gasteiger partial charge < -0.3 is 46.6 Å². The highest BCUT2D eigenvalue weighted by molar-refractivity contribution is 6.37. The van der Waals surface area contributed by atoms with Crippen LogP contribution in [0.4, 0.5) is 87.2 Å². The minimum Gasteiger partial charge on any atom is -0.395 e. The monoisotopic (exact) mass is 1890 g/mol. The summed E-state index contributed by atoms with van der Waals surface area (Å²) in [5, 5.41) is -2.17. The number of carbonyl (C=O) groups is 3. The van der Waals surface area contributed by atoms with Crippen LogP contribution >= 0.6 is 34.8 Å². The van der Waals surface area contributed by atoms with Crippen molar-refractivity contribution in [3.05, 3.63) is 243 Å². The number of nitrogens with zero attached hydrogens (tertiary/aromatic N) is 18. The molecule has 15 rings (SSSR count). The molecule has 3 aliphatic rings. The zero-order chi connectivity index (χ0) is 96.6. The zero-order valence-corrected chi connectivity index (χ0v) is 75.0. The van der Waals surface area contributed by atoms with Gasteiger partial charge in [-0.2, -0.15) is 15.0 Å². The van der Waals surface area contributed by atoms with E-state index in [1.165, 1.54) is 18.2 Å². The Labute approximate surface area is 760 Å². The number of aromatic nitrogens is 12. The molecule has 3 amide bonds. The molecule has 0 aliphatic carbocycles. The lowest BCUT2D eigenvalue weighted by atomic mass is 10.0. The molecule has 0 bridgehead atoms. The van der Waals surface area contributed by atoms with Crippen LogP contribution in [0.3, 0.4) is 0 Å². The molecule has 27 nitrogen and oxygen atoms in total. The van der Waals surface area contributed by atoms with Gasteiger partial charge in [0.1, 0.15) is 34.5 Å². The number of nitrogens with two attached hydrogens (primary N) is 3. The number of nitrogen functional groups attached to an aromatic ring is 3. The average Bonchev–Trinajstić information content (AvgIpc) is 0.735. The Kier molecular flexibility index (Phi) is 27.4. The fraction of sp³-hybridized carbons (Fsp3) is 0.300. The number of piperazine rings is 3. The molecule has 3 aromatic carbocycles. The lowest BCUT2D eigenvalue weighted by Gasteiger charge is -2.40. The Bertz CT molecular complexity index is 6310. The van der Waals surface area contributed by atoms with Crippen molar-refractivity contribution in [3.8, 4) is 50.8 Å². The first kappa shape index (κ1) is 96.0. The van der Waals surface area contributed by atoms with E-state index < -0.39 is 153 Å². The molecule has 12 heterocycles. The molecule has 3 atom stereocenters. The predicted octanol–water partition coefficient (Wildman–Crippen LogP) is 15.9. The van der Waals surface area contributed by atoms with Crippen molar-refractivity contribution in [1.82, 2.24) is 73.3 Å². The molecule has 3 fully saturated rings. The van der Waals surface area contributed by atoms with Crippen LogP contribution in [0.1, 0.15) is 114 Å². The third-order valence-electron chi connectivity index (χ3n) is 22.9. The minimum atomic E-state index is -1.96. The number of pyridine rings is 6. The van der Waals surface area contributed by atoms with Gasteiger partial charge in [0, 0.05) is 95.6 Å². The van der Waals surface area contributed by atoms with Gasteiger partial charge in [-0.05, 0) is 131 Å². The number of hydrogen-bond donors (Lipinski definition) is 3. The Morgan fingerprint density at radius 2 is 0.621 bits per heavy atom. The van der Waals surface area contributed by atoms with Gasteiger partial charge in [-0.25, -0.2) is 95.7 Å². The first-order valence-corrected chi connectivity index (χ1v) is 42.1. The summed E-state index contributed by atoms with van der Waals surface area (Å²) in [6.45, 7) is 34.7. The van der Waals surface area contributed by atoms with Crippen molar-refractivity contribution in [2.24, 2.45) is 0 Å². The summed E-state index contributed by atoms with van der Waals surface area (Å²) in [5.74, 6) is -21.0. The highest BCUT2D eigenvalue weighted by atomic mass is 35.5. The molecule has 6 N–H and O–H groups in total. The molecule has 9 aromatic heterocycles. The molecule has 0 spiro atoms. The van der Waals surface area contributed by atoms with Crippen LogP contribution in [-0.4, -0.2) is 168 Å². The van der Waals surface area contributed by atoms with Crippen molar-refractivity contribution in [1.29, 1.82) is 0 Å². The normalized spacial score (nSPS) is 15.4. The van der Waals surface area contributed by atoms with Crippen molar-refractivity contribution >= 4 is 120 Å². The van der Waals surface area contributed by atoms with Crippen LogP contribution in [0.2, 0.25) is 15.1 Å². The van der Waals surface area contributed by atoms with Gasteiger partial charge in [-0.15, -0.1) is 0 Å². The van der Waals surface area contributed by atoms with Gasteiger partial charge in [0.05, 0.1) is 99.1 Å². The summed E-state index contributed by atoms with van der Waals surface area (Å²) in [7, 11) is 0. The number of anilines is 6. The largest absolute Gasteiger partial charge is 0.395 e. The molecule has 132 heavy (non-hydrogen) atoms. The predicted molar refractivity (Wildman–Crippen MR) is 480 cm³/mol. The maximum absolute atomic E-state index is 16.0. The number of hydrogen-bond acceptors (Lipinski definition) is 21. The van der Waals surface area contributed by atoms with Gasteiger partial charge >= 0.3 is 17.1 Å². The first-order valence-electron chi connectivity index (χ1n) is 41.0. The maximum Gasteiger partial charge on any atom is 0.355 e. The second kappa shape index (κ2) is 37.7. The second-order valence-electron chi connectivity index (χ2n) is 32.5. The van der Waals surface area contributed by atoms with Crippen molar-refractivity contribution in [3.63, 3.8) is 0 Å². The van der Waals surface area contributed by atoms with Crippen molar-refractivity contribution < 1.29 is 67.1 Å². The van der Waals surface area contributed by atoms with E-state index in [2.05, 4.69) is 64.6 Å². The smallest absolute Gasteiger partial charge is 0.355 e. The molecule has 0 saturated carbocycles. The quantitative estimate of drug-likeness (QED) is 0.0282. The summed E-state index contributed by atoms with van der Waals surface area (Å²) >= 11 is 18.4. The van der Waals surface area contributed by atoms with E-state index in [-0.39, 0.29) is 163 Å². The van der Waals surface area contributed by atoms with Crippen LogP contribution in [0, 0.1) is 90.6 Å². The van der Waals surface area contributed by atoms with E-state index in [4.69, 9.17) is 52.0 Å². The molecular formula is C90H84Cl3F12N21O6. The molecule has 690 valence electrons. The summed E-state index contributed by atoms with van der Waals surface area (Å²) in [4.78, 5) is 128. The lowest BCUT2D eigenvalue weighted by molar-refractivity contribution is -0.127. The van der Waals surface area contributed by atoms with Gasteiger partial charge in [-0.1, -0.05) is 96.1 Å². The van der Waals surface area contributed by atoms with Crippen LogP contribution in [0.5, 0.6) is 0 Å². The number of rotatable bonds is 15. The SMILES string of the molecule is C=CC(=O)N1CCN(c2nc(=O)n(-c3c(C)ccnc3C(C)C)c3nc(-c4c(F)c(F)c(F)c(N)c4Cl)c(F)cc23)[C@@H](C)C1.C=CC(=O)N1CCN(c2nc(=O)n(-c3c(C)ccnc3C(C)C)c3nc(-c4c(F)c(F)c(F)c(N)c4Cl)c(F)cc23)[C@@H](C)C1.C=CC(=O)N1CCN(c2nc(=O)n(-c3c(C)ccnc3C(C)C)c3nc(-c4c(F)c(F)c(F)c(N)c4Cl)c(F)cc23)[C@@H](C)C1. The second-order valence-corrected chi connectivity index (χ2v) is 33.6. The summed E-state index contributed by atoms with van der Waals surface area (Å²) in [6.07, 6.45) is 8.34. The van der Waals surface area contributed by atoms with Gasteiger partial charge in [0.15, 0.2) is 86.7 Å². The Morgan fingerprint density at radius 3 is 0.833 bits per heavy atom. The van der Waals surface area contributed by atoms with E-state index in [1.54, 1.807) is 108 Å². The van der Waals surface area contributed by atoms with Gasteiger partial charge in [-0.3, -0.25) is 29.3 Å². The summed E-state index contributed by atoms with van der Waals surface area (Å²) < 4.78 is 183. The zero-order valence-electron chi connectivity index (χ0n) is 72.8. The number of aryl methyl sites for hydroxylation is 3. The minimum absolute atomic E-state index is 0.0613. The fourth-order valence-electron chi connectivity index (χ4n) is 16.3. The molecule has 3 aliphatic heterocycles. The Balaban J connectivity index is 0.000000168.